The van der Waals surface area contributed by atoms with Gasteiger partial charge in [0.05, 0.1) is 12.1 Å². The van der Waals surface area contributed by atoms with Crippen molar-refractivity contribution >= 4 is 0 Å². The molecular weight excluding hydrogens is 126 g/mol. The molecule has 1 N–H and O–H groups in total. The van der Waals surface area contributed by atoms with E-state index in [1.807, 2.05) is 6.92 Å². The minimum atomic E-state index is -0.434. The lowest BCUT2D eigenvalue weighted by Crippen LogP contribution is -2.61. The number of hydrogen-bond acceptors (Lipinski definition) is 2. The highest BCUT2D eigenvalue weighted by Crippen LogP contribution is 2.22. The van der Waals surface area contributed by atoms with E-state index in [2.05, 4.69) is 10.8 Å². The van der Waals surface area contributed by atoms with Gasteiger partial charge in [-0.3, -0.25) is 4.90 Å². The van der Waals surface area contributed by atoms with E-state index in [0.717, 1.165) is 19.5 Å². The Morgan fingerprint density at radius 1 is 1.70 bits per heavy atom. The van der Waals surface area contributed by atoms with Crippen molar-refractivity contribution in [3.8, 4) is 12.3 Å². The highest BCUT2D eigenvalue weighted by atomic mass is 16.3. The van der Waals surface area contributed by atoms with Crippen molar-refractivity contribution in [1.82, 2.24) is 4.90 Å². The molecule has 10 heavy (non-hydrogen) atoms. The van der Waals surface area contributed by atoms with E-state index in [0.29, 0.717) is 6.54 Å². The Kier molecular flexibility index (Phi) is 1.98. The van der Waals surface area contributed by atoms with Crippen molar-refractivity contribution in [1.29, 1.82) is 0 Å². The third-order valence-corrected chi connectivity index (χ3v) is 2.01. The Morgan fingerprint density at radius 3 is 2.70 bits per heavy atom. The summed E-state index contributed by atoms with van der Waals surface area (Å²) < 4.78 is 0. The molecule has 0 bridgehead atoms. The predicted octanol–water partition coefficient (Wildman–Crippen LogP) is 0.0763. The second-order valence-electron chi connectivity index (χ2n) is 2.93. The second-order valence-corrected chi connectivity index (χ2v) is 2.93. The topological polar surface area (TPSA) is 23.5 Å². The van der Waals surface area contributed by atoms with Crippen LogP contribution >= 0.6 is 0 Å². The van der Waals surface area contributed by atoms with E-state index >= 15 is 0 Å². The van der Waals surface area contributed by atoms with E-state index in [-0.39, 0.29) is 0 Å². The SMILES string of the molecule is C#CCN1CC(O)(CC)C1. The summed E-state index contributed by atoms with van der Waals surface area (Å²) in [5.74, 6) is 2.55. The summed E-state index contributed by atoms with van der Waals surface area (Å²) in [5.41, 5.74) is -0.434. The van der Waals surface area contributed by atoms with Crippen LogP contribution in [-0.4, -0.2) is 35.2 Å². The van der Waals surface area contributed by atoms with Gasteiger partial charge in [-0.2, -0.15) is 0 Å². The third-order valence-electron chi connectivity index (χ3n) is 2.01. The van der Waals surface area contributed by atoms with Crippen LogP contribution in [0.3, 0.4) is 0 Å². The maximum Gasteiger partial charge on any atom is 0.0898 e. The van der Waals surface area contributed by atoms with Crippen molar-refractivity contribution in [2.75, 3.05) is 19.6 Å². The lowest BCUT2D eigenvalue weighted by atomic mass is 9.91. The number of terminal acetylenes is 1. The average molecular weight is 139 g/mol. The third kappa shape index (κ3) is 1.31. The Labute approximate surface area is 61.8 Å². The molecule has 0 aliphatic carbocycles. The summed E-state index contributed by atoms with van der Waals surface area (Å²) in [5, 5.41) is 9.51. The molecule has 1 fully saturated rings. The van der Waals surface area contributed by atoms with Gasteiger partial charge in [0.25, 0.3) is 0 Å². The summed E-state index contributed by atoms with van der Waals surface area (Å²) in [6.07, 6.45) is 5.92. The van der Waals surface area contributed by atoms with Crippen LogP contribution in [0.4, 0.5) is 0 Å². The molecule has 0 aromatic carbocycles. The Bertz CT molecular complexity index is 153. The highest BCUT2D eigenvalue weighted by Gasteiger charge is 2.38. The fourth-order valence-electron chi connectivity index (χ4n) is 1.25. The largest absolute Gasteiger partial charge is 0.387 e. The van der Waals surface area contributed by atoms with Crippen molar-refractivity contribution < 1.29 is 5.11 Å². The summed E-state index contributed by atoms with van der Waals surface area (Å²) >= 11 is 0. The van der Waals surface area contributed by atoms with Gasteiger partial charge in [0, 0.05) is 13.1 Å². The van der Waals surface area contributed by atoms with E-state index in [1.165, 1.54) is 0 Å². The van der Waals surface area contributed by atoms with Crippen LogP contribution in [0.15, 0.2) is 0 Å². The molecule has 1 aliphatic heterocycles. The molecule has 1 aliphatic rings. The minimum Gasteiger partial charge on any atom is -0.387 e. The van der Waals surface area contributed by atoms with E-state index in [1.54, 1.807) is 0 Å². The fourth-order valence-corrected chi connectivity index (χ4v) is 1.25. The molecule has 0 amide bonds. The van der Waals surface area contributed by atoms with Crippen LogP contribution in [0.2, 0.25) is 0 Å². The maximum absolute atomic E-state index is 9.51. The van der Waals surface area contributed by atoms with Gasteiger partial charge in [-0.15, -0.1) is 6.42 Å². The zero-order valence-electron chi connectivity index (χ0n) is 6.30. The normalized spacial score (nSPS) is 23.3. The Hall–Kier alpha value is -0.520. The lowest BCUT2D eigenvalue weighted by molar-refractivity contribution is -0.0935. The molecule has 0 aromatic rings. The quantitative estimate of drug-likeness (QED) is 0.547. The summed E-state index contributed by atoms with van der Waals surface area (Å²) in [6, 6.07) is 0. The first-order valence-electron chi connectivity index (χ1n) is 3.58. The summed E-state index contributed by atoms with van der Waals surface area (Å²) in [6.45, 7) is 4.15. The lowest BCUT2D eigenvalue weighted by Gasteiger charge is -2.45. The Balaban J connectivity index is 2.24. The van der Waals surface area contributed by atoms with E-state index < -0.39 is 5.60 Å². The van der Waals surface area contributed by atoms with Gasteiger partial charge in [0.1, 0.15) is 0 Å². The fraction of sp³-hybridized carbons (Fsp3) is 0.750. The van der Waals surface area contributed by atoms with Gasteiger partial charge in [0.2, 0.25) is 0 Å². The molecule has 0 atom stereocenters. The van der Waals surface area contributed by atoms with Crippen LogP contribution < -0.4 is 0 Å². The van der Waals surface area contributed by atoms with Crippen molar-refractivity contribution in [2.24, 2.45) is 0 Å². The first kappa shape index (κ1) is 7.59. The number of β-amino-alcohol motifs (C(OH)–C–C–N with tert-alkyl or cyclic N) is 1. The van der Waals surface area contributed by atoms with Crippen LogP contribution in [0.25, 0.3) is 0 Å². The molecule has 0 radical (unpaired) electrons. The molecule has 0 saturated carbocycles. The molecule has 2 heteroatoms. The molecule has 56 valence electrons. The summed E-state index contributed by atoms with van der Waals surface area (Å²) in [4.78, 5) is 2.06. The highest BCUT2D eigenvalue weighted by molar-refractivity contribution is 4.99. The van der Waals surface area contributed by atoms with Crippen molar-refractivity contribution in [3.63, 3.8) is 0 Å². The van der Waals surface area contributed by atoms with E-state index in [4.69, 9.17) is 6.42 Å². The Morgan fingerprint density at radius 2 is 2.30 bits per heavy atom. The molecule has 1 saturated heterocycles. The van der Waals surface area contributed by atoms with Gasteiger partial charge >= 0.3 is 0 Å². The average Bonchev–Trinajstić information content (AvgIpc) is 1.85. The van der Waals surface area contributed by atoms with E-state index in [9.17, 15) is 5.11 Å². The van der Waals surface area contributed by atoms with Gasteiger partial charge in [0.15, 0.2) is 0 Å². The number of rotatable bonds is 2. The zero-order valence-corrected chi connectivity index (χ0v) is 6.30. The molecule has 2 nitrogen and oxygen atoms in total. The molecular formula is C8H13NO. The number of likely N-dealkylation sites (tertiary alicyclic amines) is 1. The molecule has 1 rings (SSSR count). The van der Waals surface area contributed by atoms with Gasteiger partial charge in [-0.05, 0) is 6.42 Å². The van der Waals surface area contributed by atoms with Gasteiger partial charge in [-0.1, -0.05) is 12.8 Å². The number of nitrogens with zero attached hydrogens (tertiary/aromatic N) is 1. The van der Waals surface area contributed by atoms with Crippen molar-refractivity contribution in [3.05, 3.63) is 0 Å². The number of aliphatic hydroxyl groups is 1. The monoisotopic (exact) mass is 139 g/mol. The number of hydrogen-bond donors (Lipinski definition) is 1. The smallest absolute Gasteiger partial charge is 0.0898 e. The standard InChI is InChI=1S/C8H13NO/c1-3-5-9-6-8(10,4-2)7-9/h1,10H,4-7H2,2H3. The second kappa shape index (κ2) is 2.61. The first-order valence-corrected chi connectivity index (χ1v) is 3.58. The predicted molar refractivity (Wildman–Crippen MR) is 40.5 cm³/mol. The van der Waals surface area contributed by atoms with Gasteiger partial charge < -0.3 is 5.11 Å². The van der Waals surface area contributed by atoms with Crippen LogP contribution in [0, 0.1) is 12.3 Å². The van der Waals surface area contributed by atoms with Crippen LogP contribution in [0.5, 0.6) is 0 Å². The van der Waals surface area contributed by atoms with Crippen LogP contribution in [-0.2, 0) is 0 Å². The molecule has 1 heterocycles. The molecule has 0 spiro atoms. The minimum absolute atomic E-state index is 0.434. The summed E-state index contributed by atoms with van der Waals surface area (Å²) in [7, 11) is 0. The maximum atomic E-state index is 9.51. The first-order chi connectivity index (χ1) is 4.70. The zero-order chi connectivity index (χ0) is 7.61. The van der Waals surface area contributed by atoms with Crippen LogP contribution in [0.1, 0.15) is 13.3 Å². The molecule has 0 unspecified atom stereocenters. The van der Waals surface area contributed by atoms with Gasteiger partial charge in [-0.25, -0.2) is 0 Å². The van der Waals surface area contributed by atoms with Crippen molar-refractivity contribution in [2.45, 2.75) is 18.9 Å². The molecule has 0 aromatic heterocycles.